The van der Waals surface area contributed by atoms with Gasteiger partial charge in [0.25, 0.3) is 0 Å². The first-order chi connectivity index (χ1) is 16.8. The Morgan fingerprint density at radius 2 is 1.77 bits per heavy atom. The average Bonchev–Trinajstić information content (AvgIpc) is 2.87. The van der Waals surface area contributed by atoms with Crippen molar-refractivity contribution in [1.82, 2.24) is 4.57 Å². The van der Waals surface area contributed by atoms with Gasteiger partial charge in [0.2, 0.25) is 0 Å². The number of fused-ring (bicyclic) bond motifs is 1. The Morgan fingerprint density at radius 1 is 1.06 bits per heavy atom. The first kappa shape index (κ1) is 25.1. The fourth-order valence-corrected chi connectivity index (χ4v) is 4.23. The van der Waals surface area contributed by atoms with Gasteiger partial charge in [-0.2, -0.15) is 0 Å². The van der Waals surface area contributed by atoms with Gasteiger partial charge in [0.1, 0.15) is 41.7 Å². The molecular formula is C25H28FNO8. The van der Waals surface area contributed by atoms with Crippen molar-refractivity contribution in [3.05, 3.63) is 58.6 Å². The molecule has 0 spiro atoms. The van der Waals surface area contributed by atoms with Gasteiger partial charge in [0, 0.05) is 11.8 Å². The monoisotopic (exact) mass is 489 g/mol. The molecule has 1 aliphatic rings. The van der Waals surface area contributed by atoms with Crippen LogP contribution in [0.2, 0.25) is 0 Å². The van der Waals surface area contributed by atoms with Crippen molar-refractivity contribution in [1.29, 1.82) is 0 Å². The molecule has 4 rings (SSSR count). The molecule has 0 radical (unpaired) electrons. The van der Waals surface area contributed by atoms with Crippen LogP contribution in [0, 0.1) is 5.82 Å². The van der Waals surface area contributed by atoms with Gasteiger partial charge in [-0.25, -0.2) is 4.39 Å². The number of hydrogen-bond acceptors (Lipinski definition) is 8. The maximum absolute atomic E-state index is 15.2. The molecule has 5 atom stereocenters. The van der Waals surface area contributed by atoms with Crippen LogP contribution in [0.4, 0.5) is 4.39 Å². The summed E-state index contributed by atoms with van der Waals surface area (Å²) in [7, 11) is 1.50. The molecule has 3 aromatic rings. The average molecular weight is 489 g/mol. The molecule has 9 nitrogen and oxygen atoms in total. The lowest BCUT2D eigenvalue weighted by atomic mass is 9.97. The highest BCUT2D eigenvalue weighted by molar-refractivity contribution is 5.89. The number of halogens is 1. The smallest absolute Gasteiger partial charge is 0.200 e. The molecule has 4 N–H and O–H groups in total. The Morgan fingerprint density at radius 3 is 2.40 bits per heavy atom. The number of pyridine rings is 1. The van der Waals surface area contributed by atoms with E-state index in [-0.39, 0.29) is 28.8 Å². The third kappa shape index (κ3) is 4.51. The Hall–Kier alpha value is -3.02. The molecule has 1 aromatic heterocycles. The molecule has 2 aromatic carbocycles. The van der Waals surface area contributed by atoms with E-state index in [1.807, 2.05) is 6.92 Å². The summed E-state index contributed by atoms with van der Waals surface area (Å²) in [5, 5.41) is 40.8. The van der Waals surface area contributed by atoms with Crippen LogP contribution in [0.3, 0.4) is 0 Å². The summed E-state index contributed by atoms with van der Waals surface area (Å²) in [5.74, 6) is -0.0635. The fourth-order valence-electron chi connectivity index (χ4n) is 4.23. The number of aliphatic hydroxyl groups excluding tert-OH is 4. The van der Waals surface area contributed by atoms with Gasteiger partial charge in [-0.15, -0.1) is 0 Å². The molecule has 1 fully saturated rings. The molecule has 0 bridgehead atoms. The second-order valence-corrected chi connectivity index (χ2v) is 8.34. The van der Waals surface area contributed by atoms with Crippen LogP contribution in [-0.2, 0) is 4.74 Å². The molecule has 35 heavy (non-hydrogen) atoms. The molecular weight excluding hydrogens is 461 g/mol. The lowest BCUT2D eigenvalue weighted by Crippen LogP contribution is -2.56. The minimum Gasteiger partial charge on any atom is -0.497 e. The van der Waals surface area contributed by atoms with E-state index >= 15 is 4.39 Å². The molecule has 188 valence electrons. The second kappa shape index (κ2) is 10.3. The highest BCUT2D eigenvalue weighted by Crippen LogP contribution is 2.36. The van der Waals surface area contributed by atoms with E-state index in [1.54, 1.807) is 24.3 Å². The van der Waals surface area contributed by atoms with Crippen molar-refractivity contribution < 1.29 is 39.0 Å². The van der Waals surface area contributed by atoms with E-state index in [0.29, 0.717) is 17.7 Å². The van der Waals surface area contributed by atoms with Gasteiger partial charge in [0.05, 0.1) is 31.2 Å². The molecule has 1 saturated heterocycles. The van der Waals surface area contributed by atoms with Crippen molar-refractivity contribution >= 4 is 10.9 Å². The van der Waals surface area contributed by atoms with Crippen molar-refractivity contribution in [3.63, 3.8) is 0 Å². The number of ether oxygens (including phenoxy) is 3. The minimum atomic E-state index is -1.67. The number of rotatable bonds is 7. The van der Waals surface area contributed by atoms with Crippen LogP contribution in [-0.4, -0.2) is 69.7 Å². The number of nitrogens with zero attached hydrogens (tertiary/aromatic N) is 1. The van der Waals surface area contributed by atoms with Crippen molar-refractivity contribution in [3.8, 4) is 22.6 Å². The summed E-state index contributed by atoms with van der Waals surface area (Å²) >= 11 is 0. The lowest BCUT2D eigenvalue weighted by Gasteiger charge is -2.41. The summed E-state index contributed by atoms with van der Waals surface area (Å²) in [6, 6.07) is 9.07. The number of aliphatic hydroxyl groups is 4. The maximum Gasteiger partial charge on any atom is 0.200 e. The molecule has 1 aliphatic heterocycles. The largest absolute Gasteiger partial charge is 0.497 e. The van der Waals surface area contributed by atoms with Gasteiger partial charge < -0.3 is 39.2 Å². The predicted molar refractivity (Wildman–Crippen MR) is 125 cm³/mol. The van der Waals surface area contributed by atoms with Gasteiger partial charge in [0.15, 0.2) is 11.7 Å². The zero-order valence-electron chi connectivity index (χ0n) is 19.3. The third-order valence-electron chi connectivity index (χ3n) is 6.09. The molecule has 0 unspecified atom stereocenters. The molecule has 2 heterocycles. The molecule has 0 saturated carbocycles. The second-order valence-electron chi connectivity index (χ2n) is 8.34. The molecule has 10 heteroatoms. The summed E-state index contributed by atoms with van der Waals surface area (Å²) in [6.07, 6.45) is -5.46. The maximum atomic E-state index is 15.2. The van der Waals surface area contributed by atoms with Crippen LogP contribution in [0.15, 0.2) is 47.4 Å². The zero-order chi connectivity index (χ0) is 25.3. The van der Waals surface area contributed by atoms with E-state index in [2.05, 4.69) is 0 Å². The highest BCUT2D eigenvalue weighted by atomic mass is 19.1. The summed E-state index contributed by atoms with van der Waals surface area (Å²) in [5.41, 5.74) is -0.0329. The summed E-state index contributed by atoms with van der Waals surface area (Å²) < 4.78 is 33.2. The van der Waals surface area contributed by atoms with E-state index in [1.165, 1.54) is 23.9 Å². The van der Waals surface area contributed by atoms with Gasteiger partial charge in [-0.3, -0.25) is 4.79 Å². The van der Waals surface area contributed by atoms with Crippen molar-refractivity contribution in [2.24, 2.45) is 0 Å². The van der Waals surface area contributed by atoms with E-state index in [9.17, 15) is 25.2 Å². The summed E-state index contributed by atoms with van der Waals surface area (Å²) in [4.78, 5) is 13.5. The first-order valence-electron chi connectivity index (χ1n) is 11.3. The Labute approximate surface area is 200 Å². The third-order valence-corrected chi connectivity index (χ3v) is 6.09. The van der Waals surface area contributed by atoms with E-state index in [0.717, 1.165) is 6.07 Å². The molecule has 0 aliphatic carbocycles. The van der Waals surface area contributed by atoms with Crippen LogP contribution >= 0.6 is 0 Å². The Kier molecular flexibility index (Phi) is 7.39. The SMILES string of the molecule is CCCOc1ccc(F)c2c(=O)c(-c3ccc(OC)cc3)cn([C@@H]3O[C@H](CO)[C@@H](O)[C@@H](O)[C@@H]3O)c12. The summed E-state index contributed by atoms with van der Waals surface area (Å²) in [6.45, 7) is 1.53. The van der Waals surface area contributed by atoms with Crippen molar-refractivity contribution in [2.45, 2.75) is 44.0 Å². The predicted octanol–water partition coefficient (Wildman–Crippen LogP) is 1.58. The number of methoxy groups -OCH3 is 1. The number of hydrogen-bond donors (Lipinski definition) is 4. The first-order valence-corrected chi connectivity index (χ1v) is 11.3. The van der Waals surface area contributed by atoms with Crippen LogP contribution in [0.25, 0.3) is 22.0 Å². The number of aromatic nitrogens is 1. The quantitative estimate of drug-likeness (QED) is 0.394. The molecule has 0 amide bonds. The lowest BCUT2D eigenvalue weighted by molar-refractivity contribution is -0.250. The Bertz CT molecular complexity index is 1240. The van der Waals surface area contributed by atoms with E-state index in [4.69, 9.17) is 14.2 Å². The normalized spacial score (nSPS) is 24.5. The number of benzene rings is 2. The zero-order valence-corrected chi connectivity index (χ0v) is 19.3. The minimum absolute atomic E-state index is 0.0186. The highest BCUT2D eigenvalue weighted by Gasteiger charge is 2.44. The van der Waals surface area contributed by atoms with Crippen molar-refractivity contribution in [2.75, 3.05) is 20.3 Å². The van der Waals surface area contributed by atoms with E-state index < -0.39 is 48.5 Å². The van der Waals surface area contributed by atoms with Crippen LogP contribution < -0.4 is 14.9 Å². The topological polar surface area (TPSA) is 131 Å². The van der Waals surface area contributed by atoms with Gasteiger partial charge in [-0.1, -0.05) is 19.1 Å². The van der Waals surface area contributed by atoms with Gasteiger partial charge >= 0.3 is 0 Å². The van der Waals surface area contributed by atoms with Crippen LogP contribution in [0.1, 0.15) is 19.6 Å². The fraction of sp³-hybridized carbons (Fsp3) is 0.400. The standard InChI is InChI=1S/C25H28FNO8/c1-3-10-34-17-9-8-16(26)19-20(17)27(25-24(32)23(31)22(30)18(12-28)35-25)11-15(21(19)29)13-4-6-14(33-2)7-5-13/h4-9,11,18,22-25,28,30-32H,3,10,12H2,1-2H3/t18-,22-,23-,24+,25-/m1/s1. The van der Waals surface area contributed by atoms with Gasteiger partial charge in [-0.05, 0) is 36.2 Å². The Balaban J connectivity index is 2.02. The van der Waals surface area contributed by atoms with Crippen LogP contribution in [0.5, 0.6) is 11.5 Å².